The van der Waals surface area contributed by atoms with Crippen molar-refractivity contribution in [2.24, 2.45) is 0 Å². The van der Waals surface area contributed by atoms with Crippen LogP contribution in [0.1, 0.15) is 22.7 Å². The van der Waals surface area contributed by atoms with Gasteiger partial charge >= 0.3 is 0 Å². The van der Waals surface area contributed by atoms with Gasteiger partial charge in [0.2, 0.25) is 0 Å². The third-order valence-electron chi connectivity index (χ3n) is 3.72. The molecule has 3 heteroatoms. The Bertz CT molecular complexity index is 792. The Morgan fingerprint density at radius 1 is 0.913 bits per heavy atom. The summed E-state index contributed by atoms with van der Waals surface area (Å²) >= 11 is 0. The maximum Gasteiger partial charge on any atom is 0.144 e. The maximum atomic E-state index is 9.26. The fraction of sp³-hybridized carbons (Fsp3) is 0.100. The Morgan fingerprint density at radius 2 is 1.61 bits per heavy atom. The van der Waals surface area contributed by atoms with E-state index in [0.29, 0.717) is 11.4 Å². The van der Waals surface area contributed by atoms with Crippen molar-refractivity contribution in [2.45, 2.75) is 12.5 Å². The Balaban J connectivity index is 1.91. The van der Waals surface area contributed by atoms with Crippen LogP contribution >= 0.6 is 0 Å². The molecule has 112 valence electrons. The summed E-state index contributed by atoms with van der Waals surface area (Å²) in [5, 5.41) is 12.7. The van der Waals surface area contributed by atoms with Gasteiger partial charge in [-0.05, 0) is 29.7 Å². The van der Waals surface area contributed by atoms with E-state index in [1.165, 1.54) is 11.1 Å². The van der Waals surface area contributed by atoms with E-state index in [0.717, 1.165) is 6.42 Å². The standard InChI is InChI=1S/C20H17N3/c21-15-18-12-7-13-22-20(18)23-19(17-10-5-2-6-11-17)14-16-8-3-1-4-9-16/h1-13,19H,14H2,(H,22,23). The Hall–Kier alpha value is -3.12. The second kappa shape index (κ2) is 7.24. The summed E-state index contributed by atoms with van der Waals surface area (Å²) in [5.74, 6) is 0.625. The Morgan fingerprint density at radius 3 is 2.30 bits per heavy atom. The number of rotatable bonds is 5. The average molecular weight is 299 g/mol. The van der Waals surface area contributed by atoms with E-state index in [1.807, 2.05) is 36.4 Å². The minimum absolute atomic E-state index is 0.0561. The molecule has 0 bridgehead atoms. The van der Waals surface area contributed by atoms with Crippen LogP contribution in [0.2, 0.25) is 0 Å². The largest absolute Gasteiger partial charge is 0.362 e. The molecule has 1 aromatic heterocycles. The fourth-order valence-electron chi connectivity index (χ4n) is 2.56. The van der Waals surface area contributed by atoms with Crippen LogP contribution in [0, 0.1) is 11.3 Å². The first-order valence-corrected chi connectivity index (χ1v) is 7.57. The van der Waals surface area contributed by atoms with Gasteiger partial charge in [-0.25, -0.2) is 4.98 Å². The molecule has 0 aliphatic rings. The first kappa shape index (κ1) is 14.8. The Kier molecular flexibility index (Phi) is 4.66. The van der Waals surface area contributed by atoms with E-state index in [1.54, 1.807) is 18.3 Å². The molecule has 23 heavy (non-hydrogen) atoms. The highest BCUT2D eigenvalue weighted by molar-refractivity contribution is 5.52. The number of benzene rings is 2. The molecule has 0 aliphatic carbocycles. The van der Waals surface area contributed by atoms with Crippen LogP contribution in [0.3, 0.4) is 0 Å². The van der Waals surface area contributed by atoms with Crippen molar-refractivity contribution >= 4 is 5.82 Å². The van der Waals surface area contributed by atoms with Gasteiger partial charge in [0.05, 0.1) is 11.6 Å². The van der Waals surface area contributed by atoms with Crippen LogP contribution in [-0.4, -0.2) is 4.98 Å². The summed E-state index contributed by atoms with van der Waals surface area (Å²) in [7, 11) is 0. The molecule has 0 amide bonds. The molecule has 0 aliphatic heterocycles. The van der Waals surface area contributed by atoms with Gasteiger partial charge in [0.1, 0.15) is 11.9 Å². The number of nitrogens with one attached hydrogen (secondary N) is 1. The summed E-state index contributed by atoms with van der Waals surface area (Å²) in [6, 6.07) is 26.4. The highest BCUT2D eigenvalue weighted by Crippen LogP contribution is 2.24. The minimum atomic E-state index is 0.0561. The zero-order chi connectivity index (χ0) is 15.9. The zero-order valence-corrected chi connectivity index (χ0v) is 12.7. The minimum Gasteiger partial charge on any atom is -0.362 e. The van der Waals surface area contributed by atoms with Crippen LogP contribution in [-0.2, 0) is 6.42 Å². The predicted octanol–water partition coefficient (Wildman–Crippen LogP) is 4.35. The first-order valence-electron chi connectivity index (χ1n) is 7.57. The third kappa shape index (κ3) is 3.75. The lowest BCUT2D eigenvalue weighted by molar-refractivity contribution is 0.769. The van der Waals surface area contributed by atoms with Crippen molar-refractivity contribution < 1.29 is 0 Å². The number of hydrogen-bond donors (Lipinski definition) is 1. The zero-order valence-electron chi connectivity index (χ0n) is 12.7. The van der Waals surface area contributed by atoms with E-state index in [4.69, 9.17) is 0 Å². The molecule has 0 saturated heterocycles. The number of nitriles is 1. The molecule has 0 fully saturated rings. The van der Waals surface area contributed by atoms with Gasteiger partial charge in [-0.15, -0.1) is 0 Å². The van der Waals surface area contributed by atoms with Crippen LogP contribution in [0.15, 0.2) is 79.0 Å². The monoisotopic (exact) mass is 299 g/mol. The summed E-state index contributed by atoms with van der Waals surface area (Å²) in [4.78, 5) is 4.32. The normalized spacial score (nSPS) is 11.4. The topological polar surface area (TPSA) is 48.7 Å². The number of aromatic nitrogens is 1. The van der Waals surface area contributed by atoms with Gasteiger partial charge in [0.15, 0.2) is 0 Å². The third-order valence-corrected chi connectivity index (χ3v) is 3.72. The van der Waals surface area contributed by atoms with E-state index < -0.39 is 0 Å². The van der Waals surface area contributed by atoms with Crippen LogP contribution < -0.4 is 5.32 Å². The molecule has 1 heterocycles. The lowest BCUT2D eigenvalue weighted by atomic mass is 9.98. The van der Waals surface area contributed by atoms with Crippen LogP contribution in [0.4, 0.5) is 5.82 Å². The summed E-state index contributed by atoms with van der Waals surface area (Å²) in [6.45, 7) is 0. The molecule has 1 atom stereocenters. The van der Waals surface area contributed by atoms with Crippen molar-refractivity contribution in [1.29, 1.82) is 5.26 Å². The van der Waals surface area contributed by atoms with Crippen molar-refractivity contribution in [2.75, 3.05) is 5.32 Å². The molecule has 0 radical (unpaired) electrons. The molecule has 3 rings (SSSR count). The second-order valence-electron chi connectivity index (χ2n) is 5.31. The SMILES string of the molecule is N#Cc1cccnc1NC(Cc1ccccc1)c1ccccc1. The predicted molar refractivity (Wildman–Crippen MR) is 91.9 cm³/mol. The maximum absolute atomic E-state index is 9.26. The van der Waals surface area contributed by atoms with E-state index in [2.05, 4.69) is 40.6 Å². The van der Waals surface area contributed by atoms with E-state index in [-0.39, 0.29) is 6.04 Å². The van der Waals surface area contributed by atoms with Crippen molar-refractivity contribution in [3.05, 3.63) is 95.7 Å². The number of hydrogen-bond acceptors (Lipinski definition) is 3. The van der Waals surface area contributed by atoms with Gasteiger partial charge < -0.3 is 5.32 Å². The number of anilines is 1. The molecule has 3 nitrogen and oxygen atoms in total. The van der Waals surface area contributed by atoms with Crippen molar-refractivity contribution in [3.63, 3.8) is 0 Å². The molecular formula is C20H17N3. The van der Waals surface area contributed by atoms with Crippen LogP contribution in [0.25, 0.3) is 0 Å². The van der Waals surface area contributed by atoms with Gasteiger partial charge in [-0.2, -0.15) is 5.26 Å². The highest BCUT2D eigenvalue weighted by Gasteiger charge is 2.14. The number of pyridine rings is 1. The molecular weight excluding hydrogens is 282 g/mol. The van der Waals surface area contributed by atoms with Crippen molar-refractivity contribution in [3.8, 4) is 6.07 Å². The fourth-order valence-corrected chi connectivity index (χ4v) is 2.56. The molecule has 0 saturated carbocycles. The summed E-state index contributed by atoms with van der Waals surface area (Å²) in [6.07, 6.45) is 2.53. The van der Waals surface area contributed by atoms with Gasteiger partial charge in [0, 0.05) is 6.20 Å². The Labute approximate surface area is 136 Å². The summed E-state index contributed by atoms with van der Waals surface area (Å²) < 4.78 is 0. The van der Waals surface area contributed by atoms with E-state index >= 15 is 0 Å². The highest BCUT2D eigenvalue weighted by atomic mass is 15.0. The molecule has 1 N–H and O–H groups in total. The lowest BCUT2D eigenvalue weighted by Crippen LogP contribution is -2.15. The van der Waals surface area contributed by atoms with Gasteiger partial charge in [-0.3, -0.25) is 0 Å². The smallest absolute Gasteiger partial charge is 0.144 e. The number of nitrogens with zero attached hydrogens (tertiary/aromatic N) is 2. The van der Waals surface area contributed by atoms with Crippen LogP contribution in [0.5, 0.6) is 0 Å². The molecule has 0 spiro atoms. The van der Waals surface area contributed by atoms with Gasteiger partial charge in [-0.1, -0.05) is 60.7 Å². The average Bonchev–Trinajstić information content (AvgIpc) is 2.63. The summed E-state index contributed by atoms with van der Waals surface area (Å²) in [5.41, 5.74) is 2.97. The second-order valence-corrected chi connectivity index (χ2v) is 5.31. The molecule has 3 aromatic rings. The molecule has 2 aromatic carbocycles. The lowest BCUT2D eigenvalue weighted by Gasteiger charge is -2.20. The molecule has 1 unspecified atom stereocenters. The van der Waals surface area contributed by atoms with Crippen molar-refractivity contribution in [1.82, 2.24) is 4.98 Å². The van der Waals surface area contributed by atoms with Gasteiger partial charge in [0.25, 0.3) is 0 Å². The first-order chi connectivity index (χ1) is 11.4. The quantitative estimate of drug-likeness (QED) is 0.762. The van der Waals surface area contributed by atoms with E-state index in [9.17, 15) is 5.26 Å².